The van der Waals surface area contributed by atoms with Crippen LogP contribution in [0.1, 0.15) is 25.8 Å². The zero-order valence-corrected chi connectivity index (χ0v) is 19.5. The van der Waals surface area contributed by atoms with Gasteiger partial charge in [0, 0.05) is 17.3 Å². The maximum Gasteiger partial charge on any atom is 0.331 e. The second kappa shape index (κ2) is 10.9. The van der Waals surface area contributed by atoms with Crippen LogP contribution in [0.3, 0.4) is 0 Å². The van der Waals surface area contributed by atoms with Gasteiger partial charge in [0.15, 0.2) is 6.29 Å². The smallest absolute Gasteiger partial charge is 0.331 e. The van der Waals surface area contributed by atoms with E-state index in [1.807, 2.05) is 13.8 Å². The first-order chi connectivity index (χ1) is 15.8. The van der Waals surface area contributed by atoms with Crippen molar-refractivity contribution < 1.29 is 23.9 Å². The summed E-state index contributed by atoms with van der Waals surface area (Å²) in [7, 11) is 1.25. The van der Waals surface area contributed by atoms with Gasteiger partial charge in [-0.25, -0.2) is 14.5 Å². The van der Waals surface area contributed by atoms with Crippen molar-refractivity contribution >= 4 is 35.3 Å². The van der Waals surface area contributed by atoms with Gasteiger partial charge in [0.1, 0.15) is 5.75 Å². The number of halogens is 1. The van der Waals surface area contributed by atoms with Crippen LogP contribution >= 0.6 is 11.6 Å². The number of esters is 1. The molecule has 1 aliphatic rings. The van der Waals surface area contributed by atoms with Crippen molar-refractivity contribution in [2.24, 2.45) is 0 Å². The van der Waals surface area contributed by atoms with Crippen molar-refractivity contribution in [3.05, 3.63) is 59.1 Å². The molecule has 2 aromatic carbocycles. The van der Waals surface area contributed by atoms with E-state index < -0.39 is 24.3 Å². The quantitative estimate of drug-likeness (QED) is 0.532. The molecule has 176 valence electrons. The highest BCUT2D eigenvalue weighted by molar-refractivity contribution is 6.30. The average Bonchev–Trinajstić information content (AvgIpc) is 2.78. The van der Waals surface area contributed by atoms with Gasteiger partial charge in [0.25, 0.3) is 0 Å². The lowest BCUT2D eigenvalue weighted by atomic mass is 10.2. The number of urea groups is 2. The third-order valence-corrected chi connectivity index (χ3v) is 5.11. The largest absolute Gasteiger partial charge is 0.491 e. The van der Waals surface area contributed by atoms with Crippen LogP contribution in [0.2, 0.25) is 5.02 Å². The summed E-state index contributed by atoms with van der Waals surface area (Å²) in [5, 5.41) is 6.54. The molecule has 0 spiro atoms. The van der Waals surface area contributed by atoms with Crippen LogP contribution < -0.4 is 15.4 Å². The van der Waals surface area contributed by atoms with Crippen LogP contribution in [0, 0.1) is 0 Å². The predicted octanol–water partition coefficient (Wildman–Crippen LogP) is 4.03. The van der Waals surface area contributed by atoms with Crippen molar-refractivity contribution in [2.45, 2.75) is 39.2 Å². The number of carbonyl (C=O) groups is 3. The number of nitrogens with one attached hydrogen (secondary N) is 2. The maximum absolute atomic E-state index is 13.2. The summed E-state index contributed by atoms with van der Waals surface area (Å²) in [5.74, 6) is 0.204. The summed E-state index contributed by atoms with van der Waals surface area (Å²) in [4.78, 5) is 39.9. The molecule has 2 N–H and O–H groups in total. The van der Waals surface area contributed by atoms with Crippen LogP contribution in [0.25, 0.3) is 0 Å². The van der Waals surface area contributed by atoms with Gasteiger partial charge in [-0.1, -0.05) is 23.7 Å². The topological polar surface area (TPSA) is 100 Å². The van der Waals surface area contributed by atoms with Gasteiger partial charge in [-0.3, -0.25) is 15.0 Å². The average molecular weight is 475 g/mol. The Morgan fingerprint density at radius 1 is 1.12 bits per heavy atom. The summed E-state index contributed by atoms with van der Waals surface area (Å²) in [6, 6.07) is 13.2. The van der Waals surface area contributed by atoms with Gasteiger partial charge in [0.05, 0.1) is 26.2 Å². The van der Waals surface area contributed by atoms with E-state index in [9.17, 15) is 14.4 Å². The Morgan fingerprint density at radius 2 is 1.79 bits per heavy atom. The molecular formula is C23H27ClN4O5. The summed E-state index contributed by atoms with van der Waals surface area (Å²) < 4.78 is 10.3. The molecule has 0 aliphatic carbocycles. The Labute approximate surface area is 197 Å². The second-order valence-corrected chi connectivity index (χ2v) is 8.14. The lowest BCUT2D eigenvalue weighted by Crippen LogP contribution is -2.67. The number of benzene rings is 2. The van der Waals surface area contributed by atoms with Crippen molar-refractivity contribution in [1.82, 2.24) is 15.1 Å². The maximum atomic E-state index is 13.2. The predicted molar refractivity (Wildman–Crippen MR) is 124 cm³/mol. The van der Waals surface area contributed by atoms with Crippen molar-refractivity contribution in [1.29, 1.82) is 0 Å². The molecule has 9 nitrogen and oxygen atoms in total. The standard InChI is InChI=1S/C23H27ClN4O5/c1-15(2)33-19-10-8-18(9-11-19)25-21-26-22(30)27(13-12-20(29)32-3)23(31)28(21)14-16-4-6-17(24)7-5-16/h4-11,15,21,25H,12-14H2,1-3H3,(H,26,30). The van der Waals surface area contributed by atoms with E-state index in [0.717, 1.165) is 10.5 Å². The number of hydrogen-bond donors (Lipinski definition) is 2. The lowest BCUT2D eigenvalue weighted by Gasteiger charge is -2.41. The van der Waals surface area contributed by atoms with Crippen LogP contribution in [-0.4, -0.2) is 53.9 Å². The van der Waals surface area contributed by atoms with E-state index in [-0.39, 0.29) is 25.6 Å². The minimum absolute atomic E-state index is 0.0462. The number of anilines is 1. The number of imide groups is 1. The Morgan fingerprint density at radius 3 is 2.39 bits per heavy atom. The fourth-order valence-corrected chi connectivity index (χ4v) is 3.37. The van der Waals surface area contributed by atoms with E-state index in [2.05, 4.69) is 15.4 Å². The van der Waals surface area contributed by atoms with Gasteiger partial charge in [-0.15, -0.1) is 0 Å². The number of ether oxygens (including phenoxy) is 2. The van der Waals surface area contributed by atoms with Crippen molar-refractivity contribution in [2.75, 3.05) is 19.0 Å². The van der Waals surface area contributed by atoms with Gasteiger partial charge < -0.3 is 14.8 Å². The second-order valence-electron chi connectivity index (χ2n) is 7.70. The SMILES string of the molecule is COC(=O)CCN1C(=O)NC(Nc2ccc(OC(C)C)cc2)N(Cc2ccc(Cl)cc2)C1=O. The summed E-state index contributed by atoms with van der Waals surface area (Å²) in [5.41, 5.74) is 1.51. The Balaban J connectivity index is 1.80. The fourth-order valence-electron chi connectivity index (χ4n) is 3.25. The molecule has 33 heavy (non-hydrogen) atoms. The molecule has 1 heterocycles. The Bertz CT molecular complexity index is 981. The molecule has 10 heteroatoms. The first-order valence-corrected chi connectivity index (χ1v) is 10.9. The zero-order chi connectivity index (χ0) is 24.0. The van der Waals surface area contributed by atoms with Crippen LogP contribution in [0.5, 0.6) is 5.75 Å². The third-order valence-electron chi connectivity index (χ3n) is 4.86. The summed E-state index contributed by atoms with van der Waals surface area (Å²) in [6.45, 7) is 3.99. The highest BCUT2D eigenvalue weighted by atomic mass is 35.5. The Kier molecular flexibility index (Phi) is 8.00. The van der Waals surface area contributed by atoms with Crippen LogP contribution in [0.15, 0.2) is 48.5 Å². The van der Waals surface area contributed by atoms with E-state index in [0.29, 0.717) is 16.5 Å². The summed E-state index contributed by atoms with van der Waals surface area (Å²) in [6.07, 6.45) is -0.864. The molecule has 0 bridgehead atoms. The number of amides is 4. The minimum Gasteiger partial charge on any atom is -0.491 e. The van der Waals surface area contributed by atoms with Gasteiger partial charge in [0.2, 0.25) is 0 Å². The van der Waals surface area contributed by atoms with Gasteiger partial charge in [-0.2, -0.15) is 0 Å². The summed E-state index contributed by atoms with van der Waals surface area (Å²) >= 11 is 5.98. The highest BCUT2D eigenvalue weighted by Crippen LogP contribution is 2.21. The number of hydrogen-bond acceptors (Lipinski definition) is 6. The molecular weight excluding hydrogens is 448 g/mol. The number of carbonyl (C=O) groups excluding carboxylic acids is 3. The van der Waals surface area contributed by atoms with Crippen molar-refractivity contribution in [3.8, 4) is 5.75 Å². The first-order valence-electron chi connectivity index (χ1n) is 10.5. The molecule has 1 aliphatic heterocycles. The normalized spacial score (nSPS) is 16.0. The molecule has 1 unspecified atom stereocenters. The molecule has 0 saturated carbocycles. The third kappa shape index (κ3) is 6.52. The molecule has 0 radical (unpaired) electrons. The molecule has 0 aromatic heterocycles. The monoisotopic (exact) mass is 474 g/mol. The number of nitrogens with zero attached hydrogens (tertiary/aromatic N) is 2. The zero-order valence-electron chi connectivity index (χ0n) is 18.7. The van der Waals surface area contributed by atoms with Crippen molar-refractivity contribution in [3.63, 3.8) is 0 Å². The van der Waals surface area contributed by atoms with Crippen LogP contribution in [0.4, 0.5) is 15.3 Å². The van der Waals surface area contributed by atoms with Crippen LogP contribution in [-0.2, 0) is 16.1 Å². The fraction of sp³-hybridized carbons (Fsp3) is 0.348. The van der Waals surface area contributed by atoms with Gasteiger partial charge >= 0.3 is 18.0 Å². The lowest BCUT2D eigenvalue weighted by molar-refractivity contribution is -0.140. The first kappa shape index (κ1) is 24.2. The van der Waals surface area contributed by atoms with E-state index >= 15 is 0 Å². The van der Waals surface area contributed by atoms with E-state index in [1.165, 1.54) is 12.0 Å². The molecule has 1 saturated heterocycles. The molecule has 3 rings (SSSR count). The van der Waals surface area contributed by atoms with Gasteiger partial charge in [-0.05, 0) is 55.8 Å². The highest BCUT2D eigenvalue weighted by Gasteiger charge is 2.38. The van der Waals surface area contributed by atoms with E-state index in [1.54, 1.807) is 48.5 Å². The molecule has 4 amide bonds. The van der Waals surface area contributed by atoms with E-state index in [4.69, 9.17) is 16.3 Å². The minimum atomic E-state index is -0.813. The Hall–Kier alpha value is -3.46. The molecule has 2 aromatic rings. The number of methoxy groups -OCH3 is 1. The molecule has 1 atom stereocenters. The molecule has 1 fully saturated rings. The number of rotatable bonds is 9.